The molecule has 1 heterocycles. The lowest BCUT2D eigenvalue weighted by Gasteiger charge is -2.16. The van der Waals surface area contributed by atoms with E-state index in [1.165, 1.54) is 0 Å². The predicted octanol–water partition coefficient (Wildman–Crippen LogP) is 2.01. The van der Waals surface area contributed by atoms with Gasteiger partial charge in [-0.1, -0.05) is 6.07 Å². The van der Waals surface area contributed by atoms with E-state index in [0.717, 1.165) is 17.1 Å². The Morgan fingerprint density at radius 3 is 3.00 bits per heavy atom. The van der Waals surface area contributed by atoms with Gasteiger partial charge in [0.15, 0.2) is 0 Å². The summed E-state index contributed by atoms with van der Waals surface area (Å²) in [5.74, 6) is 0.858. The van der Waals surface area contributed by atoms with Crippen molar-refractivity contribution in [1.82, 2.24) is 5.32 Å². The molecule has 0 aliphatic carbocycles. The van der Waals surface area contributed by atoms with Crippen molar-refractivity contribution in [2.24, 2.45) is 5.73 Å². The topological polar surface area (TPSA) is 55.1 Å². The summed E-state index contributed by atoms with van der Waals surface area (Å²) in [6, 6.07) is 3.65. The normalized spacial score (nSPS) is 14.4. The molecule has 0 fully saturated rings. The van der Waals surface area contributed by atoms with Crippen molar-refractivity contribution >= 4 is 29.0 Å². The molecule has 0 aliphatic rings. The molecule has 1 rings (SSSR count). The molecule has 1 aromatic rings. The van der Waals surface area contributed by atoms with Crippen LogP contribution in [0.4, 0.5) is 0 Å². The van der Waals surface area contributed by atoms with Gasteiger partial charge in [-0.25, -0.2) is 0 Å². The van der Waals surface area contributed by atoms with Crippen LogP contribution in [-0.4, -0.2) is 24.0 Å². The fourth-order valence-electron chi connectivity index (χ4n) is 1.31. The molecule has 1 amide bonds. The minimum Gasteiger partial charge on any atom is -0.347 e. The first-order valence-electron chi connectivity index (χ1n) is 5.23. The van der Waals surface area contributed by atoms with Gasteiger partial charge < -0.3 is 11.1 Å². The van der Waals surface area contributed by atoms with Crippen LogP contribution in [0.1, 0.15) is 24.3 Å². The minimum absolute atomic E-state index is 0.0489. The Labute approximate surface area is 105 Å². The Morgan fingerprint density at radius 2 is 2.44 bits per heavy atom. The summed E-state index contributed by atoms with van der Waals surface area (Å²) in [4.78, 5) is 12.9. The fraction of sp³-hybridized carbons (Fsp3) is 0.545. The second-order valence-corrected chi connectivity index (χ2v) is 5.60. The Morgan fingerprint density at radius 1 is 1.69 bits per heavy atom. The second-order valence-electron chi connectivity index (χ2n) is 3.63. The first-order chi connectivity index (χ1) is 7.65. The van der Waals surface area contributed by atoms with Crippen LogP contribution >= 0.6 is 23.1 Å². The van der Waals surface area contributed by atoms with E-state index in [9.17, 15) is 4.79 Å². The molecule has 1 aromatic heterocycles. The number of amides is 1. The number of nitrogens with two attached hydrogens (primary N) is 1. The number of carbonyl (C=O) groups is 1. The number of thiophene rings is 1. The Balaban J connectivity index is 2.39. The lowest BCUT2D eigenvalue weighted by molar-refractivity contribution is -0.123. The second kappa shape index (κ2) is 6.93. The lowest BCUT2D eigenvalue weighted by atomic mass is 10.2. The van der Waals surface area contributed by atoms with Crippen molar-refractivity contribution in [1.29, 1.82) is 0 Å². The van der Waals surface area contributed by atoms with Crippen LogP contribution in [0.15, 0.2) is 17.5 Å². The third-order valence-electron chi connectivity index (χ3n) is 2.30. The number of hydrogen-bond donors (Lipinski definition) is 2. The minimum atomic E-state index is -0.394. The van der Waals surface area contributed by atoms with Crippen LogP contribution < -0.4 is 11.1 Å². The van der Waals surface area contributed by atoms with Crippen molar-refractivity contribution in [2.75, 3.05) is 12.0 Å². The van der Waals surface area contributed by atoms with Gasteiger partial charge in [-0.05, 0) is 36.8 Å². The Kier molecular flexibility index (Phi) is 5.87. The van der Waals surface area contributed by atoms with Crippen LogP contribution in [0, 0.1) is 0 Å². The highest BCUT2D eigenvalue weighted by atomic mass is 32.2. The van der Waals surface area contributed by atoms with E-state index in [0.29, 0.717) is 0 Å². The molecule has 5 heteroatoms. The van der Waals surface area contributed by atoms with Crippen LogP contribution in [0.2, 0.25) is 0 Å². The summed E-state index contributed by atoms with van der Waals surface area (Å²) in [5, 5.41) is 4.93. The zero-order valence-corrected chi connectivity index (χ0v) is 11.2. The number of hydrogen-bond acceptors (Lipinski definition) is 4. The lowest BCUT2D eigenvalue weighted by Crippen LogP contribution is -2.41. The van der Waals surface area contributed by atoms with Gasteiger partial charge in [-0.15, -0.1) is 11.3 Å². The highest BCUT2D eigenvalue weighted by molar-refractivity contribution is 7.98. The molecule has 0 spiro atoms. The molecule has 0 radical (unpaired) electrons. The third-order valence-corrected chi connectivity index (χ3v) is 4.00. The van der Waals surface area contributed by atoms with Crippen LogP contribution in [0.3, 0.4) is 0 Å². The molecular weight excluding hydrogens is 240 g/mol. The van der Waals surface area contributed by atoms with E-state index < -0.39 is 6.04 Å². The fourth-order valence-corrected chi connectivity index (χ4v) is 2.53. The van der Waals surface area contributed by atoms with Gasteiger partial charge >= 0.3 is 0 Å². The molecule has 3 nitrogen and oxygen atoms in total. The number of rotatable bonds is 6. The molecule has 3 N–H and O–H groups in total. The van der Waals surface area contributed by atoms with Crippen molar-refractivity contribution in [3.05, 3.63) is 22.4 Å². The van der Waals surface area contributed by atoms with Crippen molar-refractivity contribution < 1.29 is 4.79 Å². The maximum atomic E-state index is 11.7. The first kappa shape index (κ1) is 13.5. The molecule has 0 aromatic carbocycles. The van der Waals surface area contributed by atoms with Crippen LogP contribution in [0.25, 0.3) is 0 Å². The van der Waals surface area contributed by atoms with Crippen LogP contribution in [0.5, 0.6) is 0 Å². The van der Waals surface area contributed by atoms with E-state index in [1.54, 1.807) is 23.1 Å². The average Bonchev–Trinajstić information content (AvgIpc) is 2.79. The van der Waals surface area contributed by atoms with Gasteiger partial charge in [-0.2, -0.15) is 11.8 Å². The molecule has 16 heavy (non-hydrogen) atoms. The molecule has 0 aliphatic heterocycles. The largest absolute Gasteiger partial charge is 0.347 e. The highest BCUT2D eigenvalue weighted by Crippen LogP contribution is 2.18. The van der Waals surface area contributed by atoms with Gasteiger partial charge in [0.1, 0.15) is 0 Å². The van der Waals surface area contributed by atoms with Gasteiger partial charge in [0, 0.05) is 4.88 Å². The third kappa shape index (κ3) is 4.15. The Hall–Kier alpha value is -0.520. The summed E-state index contributed by atoms with van der Waals surface area (Å²) in [5.41, 5.74) is 5.78. The van der Waals surface area contributed by atoms with Gasteiger partial charge in [-0.3, -0.25) is 4.79 Å². The summed E-state index contributed by atoms with van der Waals surface area (Å²) in [7, 11) is 0. The standard InChI is InChI=1S/C11H18N2OS2/c1-8(10-4-3-6-16-10)13-11(14)9(12)5-7-15-2/h3-4,6,8-9H,5,7,12H2,1-2H3,(H,13,14)/t8-,9+/m1/s1. The van der Waals surface area contributed by atoms with Gasteiger partial charge in [0.2, 0.25) is 5.91 Å². The van der Waals surface area contributed by atoms with E-state index in [4.69, 9.17) is 5.73 Å². The summed E-state index contributed by atoms with van der Waals surface area (Å²) < 4.78 is 0. The zero-order chi connectivity index (χ0) is 12.0. The average molecular weight is 258 g/mol. The van der Waals surface area contributed by atoms with E-state index in [-0.39, 0.29) is 11.9 Å². The highest BCUT2D eigenvalue weighted by Gasteiger charge is 2.16. The maximum Gasteiger partial charge on any atom is 0.237 e. The summed E-state index contributed by atoms with van der Waals surface area (Å²) >= 11 is 3.35. The monoisotopic (exact) mass is 258 g/mol. The zero-order valence-electron chi connectivity index (χ0n) is 9.60. The Bertz CT molecular complexity index is 314. The summed E-state index contributed by atoms with van der Waals surface area (Å²) in [6.07, 6.45) is 2.74. The number of thioether (sulfide) groups is 1. The molecule has 90 valence electrons. The van der Waals surface area contributed by atoms with Gasteiger partial charge in [0.05, 0.1) is 12.1 Å². The van der Waals surface area contributed by atoms with E-state index >= 15 is 0 Å². The molecule has 0 bridgehead atoms. The van der Waals surface area contributed by atoms with E-state index in [1.807, 2.05) is 30.7 Å². The molecule has 0 saturated heterocycles. The molecule has 0 unspecified atom stereocenters. The number of nitrogens with one attached hydrogen (secondary N) is 1. The van der Waals surface area contributed by atoms with Crippen molar-refractivity contribution in [2.45, 2.75) is 25.4 Å². The summed E-state index contributed by atoms with van der Waals surface area (Å²) in [6.45, 7) is 1.98. The molecular formula is C11H18N2OS2. The first-order valence-corrected chi connectivity index (χ1v) is 7.50. The maximum absolute atomic E-state index is 11.7. The van der Waals surface area contributed by atoms with E-state index in [2.05, 4.69) is 5.32 Å². The predicted molar refractivity (Wildman–Crippen MR) is 71.9 cm³/mol. The van der Waals surface area contributed by atoms with Crippen molar-refractivity contribution in [3.63, 3.8) is 0 Å². The smallest absolute Gasteiger partial charge is 0.237 e. The SMILES string of the molecule is CSCC[C@H](N)C(=O)N[C@H](C)c1cccs1. The van der Waals surface area contributed by atoms with Gasteiger partial charge in [0.25, 0.3) is 0 Å². The molecule has 0 saturated carbocycles. The van der Waals surface area contributed by atoms with Crippen molar-refractivity contribution in [3.8, 4) is 0 Å². The number of carbonyl (C=O) groups excluding carboxylic acids is 1. The van der Waals surface area contributed by atoms with Crippen LogP contribution in [-0.2, 0) is 4.79 Å². The quantitative estimate of drug-likeness (QED) is 0.820. The molecule has 2 atom stereocenters.